The van der Waals surface area contributed by atoms with E-state index in [1.165, 1.54) is 0 Å². The molecule has 0 radical (unpaired) electrons. The Hall–Kier alpha value is -4.33. The third kappa shape index (κ3) is 4.54. The van der Waals surface area contributed by atoms with Gasteiger partial charge in [-0.3, -0.25) is 20.4 Å². The van der Waals surface area contributed by atoms with Gasteiger partial charge in [0.1, 0.15) is 17.2 Å². The zero-order valence-electron chi connectivity index (χ0n) is 17.7. The van der Waals surface area contributed by atoms with Crippen LogP contribution in [0.15, 0.2) is 77.3 Å². The second-order valence-electron chi connectivity index (χ2n) is 6.95. The molecule has 0 aliphatic rings. The molecule has 0 spiro atoms. The van der Waals surface area contributed by atoms with Crippen molar-refractivity contribution in [1.82, 2.24) is 20.6 Å². The number of nitrogens with one attached hydrogen (secondary N) is 2. The third-order valence-corrected chi connectivity index (χ3v) is 4.67. The minimum Gasteiger partial charge on any atom is -0.494 e. The van der Waals surface area contributed by atoms with Crippen LogP contribution in [-0.4, -0.2) is 28.2 Å². The van der Waals surface area contributed by atoms with Crippen molar-refractivity contribution < 1.29 is 18.7 Å². The van der Waals surface area contributed by atoms with E-state index in [-0.39, 0.29) is 5.56 Å². The molecule has 2 heterocycles. The summed E-state index contributed by atoms with van der Waals surface area (Å²) in [5.74, 6) is 0.854. The van der Waals surface area contributed by atoms with E-state index in [0.29, 0.717) is 35.1 Å². The van der Waals surface area contributed by atoms with E-state index in [9.17, 15) is 9.59 Å². The number of carbonyl (C=O) groups is 2. The lowest BCUT2D eigenvalue weighted by Gasteiger charge is -2.08. The van der Waals surface area contributed by atoms with Crippen LogP contribution in [0.1, 0.15) is 33.4 Å². The number of aryl methyl sites for hydroxylation is 1. The van der Waals surface area contributed by atoms with E-state index in [0.717, 1.165) is 5.69 Å². The SMILES string of the molecule is CCOc1ccc(C(=O)NNC(=O)c2cn(-c3ccccc3)nc2-c2ccc(C)o2)cc1. The van der Waals surface area contributed by atoms with Gasteiger partial charge in [0.2, 0.25) is 0 Å². The maximum atomic E-state index is 12.9. The zero-order valence-corrected chi connectivity index (χ0v) is 17.7. The van der Waals surface area contributed by atoms with Gasteiger partial charge >= 0.3 is 0 Å². The lowest BCUT2D eigenvalue weighted by atomic mass is 10.2. The summed E-state index contributed by atoms with van der Waals surface area (Å²) in [6, 6.07) is 19.6. The lowest BCUT2D eigenvalue weighted by Crippen LogP contribution is -2.41. The van der Waals surface area contributed by atoms with E-state index >= 15 is 0 Å². The minimum absolute atomic E-state index is 0.259. The molecular formula is C24H22N4O4. The first kappa shape index (κ1) is 20.9. The highest BCUT2D eigenvalue weighted by atomic mass is 16.5. The molecule has 0 fully saturated rings. The molecule has 0 atom stereocenters. The molecule has 0 saturated carbocycles. The molecule has 8 nitrogen and oxygen atoms in total. The van der Waals surface area contributed by atoms with Crippen LogP contribution in [0.4, 0.5) is 0 Å². The number of rotatable bonds is 6. The number of hydrazine groups is 1. The van der Waals surface area contributed by atoms with Gasteiger partial charge in [0.05, 0.1) is 17.9 Å². The van der Waals surface area contributed by atoms with E-state index in [1.807, 2.05) is 44.2 Å². The van der Waals surface area contributed by atoms with Crippen molar-refractivity contribution >= 4 is 11.8 Å². The Balaban J connectivity index is 1.54. The van der Waals surface area contributed by atoms with Crippen molar-refractivity contribution in [1.29, 1.82) is 0 Å². The lowest BCUT2D eigenvalue weighted by molar-refractivity contribution is 0.0847. The number of benzene rings is 2. The van der Waals surface area contributed by atoms with E-state index in [4.69, 9.17) is 9.15 Å². The highest BCUT2D eigenvalue weighted by molar-refractivity contribution is 6.02. The van der Waals surface area contributed by atoms with Crippen LogP contribution in [0.25, 0.3) is 17.1 Å². The van der Waals surface area contributed by atoms with Gasteiger partial charge < -0.3 is 9.15 Å². The van der Waals surface area contributed by atoms with Gasteiger partial charge in [-0.15, -0.1) is 0 Å². The fourth-order valence-corrected chi connectivity index (χ4v) is 3.12. The van der Waals surface area contributed by atoms with Gasteiger partial charge in [0.25, 0.3) is 11.8 Å². The Kier molecular flexibility index (Phi) is 6.03. The van der Waals surface area contributed by atoms with Crippen LogP contribution in [-0.2, 0) is 0 Å². The first-order valence-electron chi connectivity index (χ1n) is 10.1. The maximum Gasteiger partial charge on any atom is 0.273 e. The van der Waals surface area contributed by atoms with Crippen LogP contribution >= 0.6 is 0 Å². The summed E-state index contributed by atoms with van der Waals surface area (Å²) < 4.78 is 12.6. The second-order valence-corrected chi connectivity index (χ2v) is 6.95. The molecule has 8 heteroatoms. The summed E-state index contributed by atoms with van der Waals surface area (Å²) in [5.41, 5.74) is 6.69. The van der Waals surface area contributed by atoms with Gasteiger partial charge in [0.15, 0.2) is 5.76 Å². The summed E-state index contributed by atoms with van der Waals surface area (Å²) in [4.78, 5) is 25.4. The van der Waals surface area contributed by atoms with Crippen molar-refractivity contribution in [2.45, 2.75) is 13.8 Å². The van der Waals surface area contributed by atoms with Crippen molar-refractivity contribution in [3.63, 3.8) is 0 Å². The van der Waals surface area contributed by atoms with E-state index in [1.54, 1.807) is 47.3 Å². The molecule has 2 N–H and O–H groups in total. The summed E-state index contributed by atoms with van der Waals surface area (Å²) in [6.45, 7) is 4.23. The molecule has 32 heavy (non-hydrogen) atoms. The second kappa shape index (κ2) is 9.22. The Morgan fingerprint density at radius 2 is 1.69 bits per heavy atom. The molecule has 2 aromatic carbocycles. The van der Waals surface area contributed by atoms with E-state index < -0.39 is 11.8 Å². The summed E-state index contributed by atoms with van der Waals surface area (Å²) in [6.07, 6.45) is 1.60. The standard InChI is InChI=1S/C24H22N4O4/c1-3-31-19-12-10-17(11-13-19)23(29)25-26-24(30)20-15-28(18-7-5-4-6-8-18)27-22(20)21-14-9-16(2)32-21/h4-15H,3H2,1-2H3,(H,25,29)(H,26,30). The van der Waals surface area contributed by atoms with Crippen molar-refractivity contribution in [2.75, 3.05) is 6.61 Å². The summed E-state index contributed by atoms with van der Waals surface area (Å²) >= 11 is 0. The Morgan fingerprint density at radius 1 is 0.969 bits per heavy atom. The van der Waals surface area contributed by atoms with Gasteiger partial charge in [-0.05, 0) is 62.4 Å². The van der Waals surface area contributed by atoms with Gasteiger partial charge in [-0.1, -0.05) is 18.2 Å². The molecule has 0 aliphatic carbocycles. The molecular weight excluding hydrogens is 408 g/mol. The first-order valence-corrected chi connectivity index (χ1v) is 10.1. The Labute approximate surface area is 184 Å². The smallest absolute Gasteiger partial charge is 0.273 e. The molecule has 0 aliphatic heterocycles. The van der Waals surface area contributed by atoms with Gasteiger partial charge in [0, 0.05) is 11.8 Å². The number of nitrogens with zero attached hydrogens (tertiary/aromatic N) is 2. The van der Waals surface area contributed by atoms with Crippen LogP contribution in [0.2, 0.25) is 0 Å². The average Bonchev–Trinajstić information content (AvgIpc) is 3.45. The number of ether oxygens (including phenoxy) is 1. The molecule has 4 rings (SSSR count). The number of hydrogen-bond acceptors (Lipinski definition) is 5. The number of furan rings is 1. The number of hydrogen-bond donors (Lipinski definition) is 2. The first-order chi connectivity index (χ1) is 15.5. The number of para-hydroxylation sites is 1. The Bertz CT molecular complexity index is 1230. The summed E-state index contributed by atoms with van der Waals surface area (Å²) in [7, 11) is 0. The summed E-state index contributed by atoms with van der Waals surface area (Å²) in [5, 5.41) is 4.53. The average molecular weight is 430 g/mol. The molecule has 0 unspecified atom stereocenters. The fraction of sp³-hybridized carbons (Fsp3) is 0.125. The monoisotopic (exact) mass is 430 g/mol. The number of aromatic nitrogens is 2. The van der Waals surface area contributed by atoms with Gasteiger partial charge in [-0.25, -0.2) is 4.68 Å². The molecule has 0 saturated heterocycles. The highest BCUT2D eigenvalue weighted by Gasteiger charge is 2.21. The predicted molar refractivity (Wildman–Crippen MR) is 119 cm³/mol. The van der Waals surface area contributed by atoms with Crippen LogP contribution in [0, 0.1) is 6.92 Å². The van der Waals surface area contributed by atoms with Crippen LogP contribution in [0.3, 0.4) is 0 Å². The molecule has 4 aromatic rings. The predicted octanol–water partition coefficient (Wildman–Crippen LogP) is 3.91. The molecule has 2 amide bonds. The minimum atomic E-state index is -0.518. The molecule has 0 bridgehead atoms. The van der Waals surface area contributed by atoms with Crippen LogP contribution in [0.5, 0.6) is 5.75 Å². The molecule has 2 aromatic heterocycles. The number of carbonyl (C=O) groups excluding carboxylic acids is 2. The van der Waals surface area contributed by atoms with E-state index in [2.05, 4.69) is 16.0 Å². The number of amides is 2. The normalized spacial score (nSPS) is 10.6. The zero-order chi connectivity index (χ0) is 22.5. The van der Waals surface area contributed by atoms with Gasteiger partial charge in [-0.2, -0.15) is 5.10 Å². The van der Waals surface area contributed by atoms with Crippen molar-refractivity contribution in [3.05, 3.63) is 89.8 Å². The van der Waals surface area contributed by atoms with Crippen molar-refractivity contribution in [3.8, 4) is 22.9 Å². The molecule has 162 valence electrons. The Morgan fingerprint density at radius 3 is 2.34 bits per heavy atom. The topological polar surface area (TPSA) is 98.4 Å². The third-order valence-electron chi connectivity index (χ3n) is 4.67. The largest absolute Gasteiger partial charge is 0.494 e. The fourth-order valence-electron chi connectivity index (χ4n) is 3.12. The highest BCUT2D eigenvalue weighted by Crippen LogP contribution is 2.25. The van der Waals surface area contributed by atoms with Crippen LogP contribution < -0.4 is 15.6 Å². The van der Waals surface area contributed by atoms with Crippen molar-refractivity contribution in [2.24, 2.45) is 0 Å². The quantitative estimate of drug-likeness (QED) is 0.452. The maximum absolute atomic E-state index is 12.9.